The van der Waals surface area contributed by atoms with Crippen LogP contribution in [0.5, 0.6) is 0 Å². The Morgan fingerprint density at radius 2 is 1.77 bits per heavy atom. The molecule has 0 aliphatic heterocycles. The van der Waals surface area contributed by atoms with Crippen molar-refractivity contribution in [1.29, 1.82) is 0 Å². The molecule has 0 fully saturated rings. The molecule has 0 atom stereocenters. The molecule has 0 radical (unpaired) electrons. The van der Waals surface area contributed by atoms with Crippen molar-refractivity contribution in [3.8, 4) is 11.3 Å². The first kappa shape index (κ1) is 20.3. The summed E-state index contributed by atoms with van der Waals surface area (Å²) < 4.78 is 1.94. The number of carbonyl (C=O) groups is 1. The number of aryl methyl sites for hydroxylation is 1. The zero-order valence-electron chi connectivity index (χ0n) is 16.7. The molecule has 1 amide bonds. The Balaban J connectivity index is 1.36. The Kier molecular flexibility index (Phi) is 6.25. The predicted octanol–water partition coefficient (Wildman–Crippen LogP) is 4.57. The molecule has 0 saturated heterocycles. The van der Waals surface area contributed by atoms with Crippen molar-refractivity contribution in [2.24, 2.45) is 7.05 Å². The van der Waals surface area contributed by atoms with Crippen molar-refractivity contribution < 1.29 is 4.79 Å². The quantitative estimate of drug-likeness (QED) is 0.431. The van der Waals surface area contributed by atoms with Gasteiger partial charge in [-0.3, -0.25) is 4.79 Å². The second-order valence-corrected chi connectivity index (χ2v) is 8.89. The molecule has 0 saturated carbocycles. The molecule has 152 valence electrons. The molecule has 2 aromatic heterocycles. The highest BCUT2D eigenvalue weighted by atomic mass is 32.2. The highest BCUT2D eigenvalue weighted by Gasteiger charge is 2.14. The summed E-state index contributed by atoms with van der Waals surface area (Å²) in [6, 6.07) is 20.1. The minimum atomic E-state index is -0.110. The number of hydrogen-bond donors (Lipinski definition) is 1. The lowest BCUT2D eigenvalue weighted by atomic mass is 10.1. The van der Waals surface area contributed by atoms with Gasteiger partial charge >= 0.3 is 0 Å². The van der Waals surface area contributed by atoms with E-state index in [9.17, 15) is 4.79 Å². The SMILES string of the molecule is Cc1sc(NC(=O)CSc2nnc(Cc3ccccc3)n2C)nc1-c1ccccc1. The maximum atomic E-state index is 12.4. The Morgan fingerprint density at radius 1 is 1.07 bits per heavy atom. The average molecular weight is 436 g/mol. The van der Waals surface area contributed by atoms with Gasteiger partial charge in [-0.15, -0.1) is 21.5 Å². The fourth-order valence-corrected chi connectivity index (χ4v) is 4.58. The van der Waals surface area contributed by atoms with Crippen molar-refractivity contribution >= 4 is 34.1 Å². The number of benzene rings is 2. The highest BCUT2D eigenvalue weighted by Crippen LogP contribution is 2.30. The van der Waals surface area contributed by atoms with E-state index in [1.54, 1.807) is 0 Å². The topological polar surface area (TPSA) is 72.7 Å². The summed E-state index contributed by atoms with van der Waals surface area (Å²) >= 11 is 2.85. The molecule has 0 aliphatic rings. The molecule has 4 rings (SSSR count). The largest absolute Gasteiger partial charge is 0.309 e. The Hall–Kier alpha value is -2.97. The molecule has 8 heteroatoms. The average Bonchev–Trinajstić information content (AvgIpc) is 3.30. The van der Waals surface area contributed by atoms with E-state index in [2.05, 4.69) is 32.6 Å². The lowest BCUT2D eigenvalue weighted by Crippen LogP contribution is -2.14. The first-order valence-corrected chi connectivity index (χ1v) is 11.3. The number of hydrogen-bond acceptors (Lipinski definition) is 6. The normalized spacial score (nSPS) is 10.9. The summed E-state index contributed by atoms with van der Waals surface area (Å²) in [6.45, 7) is 2.01. The van der Waals surface area contributed by atoms with Gasteiger partial charge in [0.1, 0.15) is 5.82 Å². The van der Waals surface area contributed by atoms with Crippen molar-refractivity contribution in [2.75, 3.05) is 11.1 Å². The lowest BCUT2D eigenvalue weighted by molar-refractivity contribution is -0.113. The van der Waals surface area contributed by atoms with Crippen LogP contribution in [0.15, 0.2) is 65.8 Å². The van der Waals surface area contributed by atoms with Gasteiger partial charge in [-0.25, -0.2) is 4.98 Å². The number of nitrogens with one attached hydrogen (secondary N) is 1. The molecular weight excluding hydrogens is 414 g/mol. The van der Waals surface area contributed by atoms with Gasteiger partial charge in [-0.2, -0.15) is 0 Å². The molecule has 0 aliphatic carbocycles. The summed E-state index contributed by atoms with van der Waals surface area (Å²) in [5.41, 5.74) is 3.13. The Morgan fingerprint density at radius 3 is 2.50 bits per heavy atom. The number of rotatable bonds is 7. The molecule has 6 nitrogen and oxygen atoms in total. The van der Waals surface area contributed by atoms with E-state index in [-0.39, 0.29) is 11.7 Å². The molecule has 2 aromatic carbocycles. The lowest BCUT2D eigenvalue weighted by Gasteiger charge is -2.04. The maximum Gasteiger partial charge on any atom is 0.236 e. The zero-order chi connectivity index (χ0) is 20.9. The maximum absolute atomic E-state index is 12.4. The van der Waals surface area contributed by atoms with Crippen LogP contribution in [-0.4, -0.2) is 31.4 Å². The Labute approximate surface area is 183 Å². The van der Waals surface area contributed by atoms with Crippen molar-refractivity contribution in [3.05, 3.63) is 76.9 Å². The van der Waals surface area contributed by atoms with Crippen LogP contribution in [0.3, 0.4) is 0 Å². The minimum absolute atomic E-state index is 0.110. The van der Waals surface area contributed by atoms with E-state index in [0.29, 0.717) is 11.6 Å². The smallest absolute Gasteiger partial charge is 0.236 e. The third-order valence-electron chi connectivity index (χ3n) is 4.55. The fraction of sp³-hybridized carbons (Fsp3) is 0.182. The first-order chi connectivity index (χ1) is 14.6. The van der Waals surface area contributed by atoms with Crippen LogP contribution in [0, 0.1) is 6.92 Å². The molecular formula is C22H21N5OS2. The third kappa shape index (κ3) is 4.77. The van der Waals surface area contributed by atoms with E-state index in [1.807, 2.05) is 67.1 Å². The summed E-state index contributed by atoms with van der Waals surface area (Å²) in [6.07, 6.45) is 0.706. The number of anilines is 1. The standard InChI is InChI=1S/C22H21N5OS2/c1-15-20(17-11-7-4-8-12-17)24-21(30-15)23-19(28)14-29-22-26-25-18(27(22)2)13-16-9-5-3-6-10-16/h3-12H,13-14H2,1-2H3,(H,23,24,28). The van der Waals surface area contributed by atoms with E-state index in [1.165, 1.54) is 28.7 Å². The fourth-order valence-electron chi connectivity index (χ4n) is 3.00. The highest BCUT2D eigenvalue weighted by molar-refractivity contribution is 7.99. The van der Waals surface area contributed by atoms with Gasteiger partial charge in [0.25, 0.3) is 0 Å². The first-order valence-electron chi connectivity index (χ1n) is 9.48. The van der Waals surface area contributed by atoms with Gasteiger partial charge in [0, 0.05) is 23.9 Å². The summed E-state index contributed by atoms with van der Waals surface area (Å²) in [7, 11) is 1.93. The molecule has 4 aromatic rings. The molecule has 2 heterocycles. The molecule has 0 spiro atoms. The van der Waals surface area contributed by atoms with Gasteiger partial charge in [-0.05, 0) is 12.5 Å². The van der Waals surface area contributed by atoms with E-state index in [0.717, 1.165) is 27.1 Å². The van der Waals surface area contributed by atoms with Gasteiger partial charge in [-0.1, -0.05) is 72.4 Å². The van der Waals surface area contributed by atoms with Crippen molar-refractivity contribution in [3.63, 3.8) is 0 Å². The predicted molar refractivity (Wildman–Crippen MR) is 122 cm³/mol. The molecule has 0 bridgehead atoms. The van der Waals surface area contributed by atoms with E-state index < -0.39 is 0 Å². The molecule has 30 heavy (non-hydrogen) atoms. The number of carbonyl (C=O) groups excluding carboxylic acids is 1. The van der Waals surface area contributed by atoms with Gasteiger partial charge in [0.15, 0.2) is 10.3 Å². The molecule has 1 N–H and O–H groups in total. The number of thioether (sulfide) groups is 1. The van der Waals surface area contributed by atoms with Gasteiger partial charge in [0.05, 0.1) is 11.4 Å². The van der Waals surface area contributed by atoms with Crippen LogP contribution in [-0.2, 0) is 18.3 Å². The van der Waals surface area contributed by atoms with Gasteiger partial charge < -0.3 is 9.88 Å². The number of nitrogens with zero attached hydrogens (tertiary/aromatic N) is 4. The number of aromatic nitrogens is 4. The summed E-state index contributed by atoms with van der Waals surface area (Å²) in [5.74, 6) is 1.00. The van der Waals surface area contributed by atoms with Crippen LogP contribution >= 0.6 is 23.1 Å². The van der Waals surface area contributed by atoms with E-state index in [4.69, 9.17) is 0 Å². The monoisotopic (exact) mass is 435 g/mol. The van der Waals surface area contributed by atoms with Crippen LogP contribution in [0.4, 0.5) is 5.13 Å². The van der Waals surface area contributed by atoms with Gasteiger partial charge in [0.2, 0.25) is 5.91 Å². The second-order valence-electron chi connectivity index (χ2n) is 6.75. The third-order valence-corrected chi connectivity index (χ3v) is 6.46. The molecule has 0 unspecified atom stereocenters. The summed E-state index contributed by atoms with van der Waals surface area (Å²) in [4.78, 5) is 18.1. The summed E-state index contributed by atoms with van der Waals surface area (Å²) in [5, 5.41) is 12.7. The van der Waals surface area contributed by atoms with Crippen LogP contribution in [0.2, 0.25) is 0 Å². The van der Waals surface area contributed by atoms with E-state index >= 15 is 0 Å². The number of amides is 1. The second kappa shape index (κ2) is 9.23. The van der Waals surface area contributed by atoms with Crippen LogP contribution in [0.1, 0.15) is 16.3 Å². The van der Waals surface area contributed by atoms with Crippen LogP contribution < -0.4 is 5.32 Å². The van der Waals surface area contributed by atoms with Crippen molar-refractivity contribution in [2.45, 2.75) is 18.5 Å². The van der Waals surface area contributed by atoms with Crippen LogP contribution in [0.25, 0.3) is 11.3 Å². The Bertz CT molecular complexity index is 1140. The van der Waals surface area contributed by atoms with Crippen molar-refractivity contribution in [1.82, 2.24) is 19.7 Å². The minimum Gasteiger partial charge on any atom is -0.309 e. The zero-order valence-corrected chi connectivity index (χ0v) is 18.3. The number of thiazole rings is 1.